The number of likely N-dealkylation sites (tertiary alicyclic amines) is 1. The van der Waals surface area contributed by atoms with Gasteiger partial charge >= 0.3 is 0 Å². The summed E-state index contributed by atoms with van der Waals surface area (Å²) in [7, 11) is 4.43. The van der Waals surface area contributed by atoms with Crippen molar-refractivity contribution in [3.63, 3.8) is 0 Å². The first kappa shape index (κ1) is 12.3. The molecule has 2 nitrogen and oxygen atoms in total. The van der Waals surface area contributed by atoms with Gasteiger partial charge in [0, 0.05) is 12.4 Å². The monoisotopic (exact) mass is 218 g/mol. The minimum Gasteiger partial charge on any atom is -0.306 e. The van der Waals surface area contributed by atoms with Crippen molar-refractivity contribution >= 4 is 11.6 Å². The second-order valence-corrected chi connectivity index (χ2v) is 4.93. The van der Waals surface area contributed by atoms with Gasteiger partial charge in [0.15, 0.2) is 0 Å². The van der Waals surface area contributed by atoms with Gasteiger partial charge in [-0.2, -0.15) is 0 Å². The van der Waals surface area contributed by atoms with Gasteiger partial charge < -0.3 is 9.80 Å². The number of hydrogen-bond acceptors (Lipinski definition) is 2. The number of hydrogen-bond donors (Lipinski definition) is 0. The highest BCUT2D eigenvalue weighted by molar-refractivity contribution is 6.17. The van der Waals surface area contributed by atoms with Gasteiger partial charge in [0.1, 0.15) is 0 Å². The molecule has 1 saturated heterocycles. The van der Waals surface area contributed by atoms with Crippen molar-refractivity contribution in [3.8, 4) is 0 Å². The Kier molecular flexibility index (Phi) is 5.83. The van der Waals surface area contributed by atoms with E-state index in [0.717, 1.165) is 24.8 Å². The van der Waals surface area contributed by atoms with Gasteiger partial charge in [0.05, 0.1) is 0 Å². The molecule has 0 radical (unpaired) electrons. The second-order valence-electron chi connectivity index (χ2n) is 4.55. The summed E-state index contributed by atoms with van der Waals surface area (Å²) in [5.41, 5.74) is 0. The summed E-state index contributed by atoms with van der Waals surface area (Å²) < 4.78 is 0. The quantitative estimate of drug-likeness (QED) is 0.651. The molecule has 0 saturated carbocycles. The Morgan fingerprint density at radius 1 is 1.36 bits per heavy atom. The zero-order chi connectivity index (χ0) is 10.4. The first-order chi connectivity index (χ1) is 6.72. The van der Waals surface area contributed by atoms with Crippen molar-refractivity contribution in [2.75, 3.05) is 46.2 Å². The number of alkyl halides is 1. The molecule has 1 fully saturated rings. The van der Waals surface area contributed by atoms with Crippen molar-refractivity contribution < 1.29 is 0 Å². The fourth-order valence-corrected chi connectivity index (χ4v) is 2.23. The molecule has 0 aromatic carbocycles. The largest absolute Gasteiger partial charge is 0.306 e. The van der Waals surface area contributed by atoms with Gasteiger partial charge in [0.2, 0.25) is 0 Å². The van der Waals surface area contributed by atoms with Crippen molar-refractivity contribution in [2.45, 2.75) is 19.3 Å². The maximum Gasteiger partial charge on any atom is 0.0235 e. The molecule has 84 valence electrons. The van der Waals surface area contributed by atoms with Gasteiger partial charge in [-0.15, -0.1) is 11.6 Å². The summed E-state index contributed by atoms with van der Waals surface area (Å²) in [4.78, 5) is 4.85. The van der Waals surface area contributed by atoms with E-state index in [2.05, 4.69) is 23.9 Å². The van der Waals surface area contributed by atoms with Crippen LogP contribution in [-0.2, 0) is 0 Å². The smallest absolute Gasteiger partial charge is 0.0235 e. The van der Waals surface area contributed by atoms with Gasteiger partial charge in [-0.05, 0) is 58.9 Å². The van der Waals surface area contributed by atoms with Crippen LogP contribution in [0.2, 0.25) is 0 Å². The molecule has 0 spiro atoms. The molecule has 14 heavy (non-hydrogen) atoms. The predicted octanol–water partition coefficient (Wildman–Crippen LogP) is 1.89. The predicted molar refractivity (Wildman–Crippen MR) is 63.1 cm³/mol. The Morgan fingerprint density at radius 2 is 2.00 bits per heavy atom. The maximum atomic E-state index is 5.67. The maximum absolute atomic E-state index is 5.67. The van der Waals surface area contributed by atoms with Gasteiger partial charge in [-0.25, -0.2) is 0 Å². The zero-order valence-corrected chi connectivity index (χ0v) is 10.3. The first-order valence-electron chi connectivity index (χ1n) is 5.65. The average Bonchev–Trinajstić information content (AvgIpc) is 2.18. The van der Waals surface area contributed by atoms with Gasteiger partial charge in [0.25, 0.3) is 0 Å². The SMILES string of the molecule is CN1CCC(CN(C)CCCCl)CC1. The normalized spacial score (nSPS) is 20.6. The van der Waals surface area contributed by atoms with Crippen molar-refractivity contribution in [3.05, 3.63) is 0 Å². The molecule has 3 heteroatoms. The number of nitrogens with zero attached hydrogens (tertiary/aromatic N) is 2. The molecule has 1 heterocycles. The molecular weight excluding hydrogens is 196 g/mol. The van der Waals surface area contributed by atoms with Crippen molar-refractivity contribution in [1.82, 2.24) is 9.80 Å². The van der Waals surface area contributed by atoms with Gasteiger partial charge in [-0.1, -0.05) is 0 Å². The van der Waals surface area contributed by atoms with Crippen LogP contribution in [0.3, 0.4) is 0 Å². The number of rotatable bonds is 5. The van der Waals surface area contributed by atoms with E-state index in [1.165, 1.54) is 32.5 Å². The molecular formula is C11H23ClN2. The van der Waals surface area contributed by atoms with E-state index < -0.39 is 0 Å². The Balaban J connectivity index is 2.10. The highest BCUT2D eigenvalue weighted by atomic mass is 35.5. The minimum atomic E-state index is 0.789. The fourth-order valence-electron chi connectivity index (χ4n) is 2.11. The van der Waals surface area contributed by atoms with Crippen LogP contribution in [0, 0.1) is 5.92 Å². The van der Waals surface area contributed by atoms with Crippen LogP contribution in [0.1, 0.15) is 19.3 Å². The summed E-state index contributed by atoms with van der Waals surface area (Å²) in [5.74, 6) is 1.70. The van der Waals surface area contributed by atoms with E-state index in [1.807, 2.05) is 0 Å². The van der Waals surface area contributed by atoms with E-state index in [1.54, 1.807) is 0 Å². The van der Waals surface area contributed by atoms with E-state index >= 15 is 0 Å². The van der Waals surface area contributed by atoms with Crippen LogP contribution in [0.5, 0.6) is 0 Å². The lowest BCUT2D eigenvalue weighted by Crippen LogP contribution is -2.36. The van der Waals surface area contributed by atoms with E-state index in [9.17, 15) is 0 Å². The average molecular weight is 219 g/mol. The highest BCUT2D eigenvalue weighted by Gasteiger charge is 2.17. The highest BCUT2D eigenvalue weighted by Crippen LogP contribution is 2.16. The molecule has 0 aromatic heterocycles. The summed E-state index contributed by atoms with van der Waals surface area (Å²) >= 11 is 5.67. The number of halogens is 1. The van der Waals surface area contributed by atoms with Crippen LogP contribution in [0.4, 0.5) is 0 Å². The van der Waals surface area contributed by atoms with Crippen LogP contribution in [0.15, 0.2) is 0 Å². The summed E-state index contributed by atoms with van der Waals surface area (Å²) in [6.07, 6.45) is 3.84. The topological polar surface area (TPSA) is 6.48 Å². The van der Waals surface area contributed by atoms with Gasteiger partial charge in [-0.3, -0.25) is 0 Å². The lowest BCUT2D eigenvalue weighted by Gasteiger charge is -2.31. The molecule has 0 bridgehead atoms. The third-order valence-electron chi connectivity index (χ3n) is 3.08. The first-order valence-corrected chi connectivity index (χ1v) is 6.19. The molecule has 0 aromatic rings. The standard InChI is InChI=1S/C11H23ClN2/c1-13-8-4-11(5-9-13)10-14(2)7-3-6-12/h11H,3-10H2,1-2H3. The van der Waals surface area contributed by atoms with E-state index in [-0.39, 0.29) is 0 Å². The van der Waals surface area contributed by atoms with E-state index in [0.29, 0.717) is 0 Å². The number of piperidine rings is 1. The molecule has 0 aliphatic carbocycles. The summed E-state index contributed by atoms with van der Waals surface area (Å²) in [6.45, 7) is 4.95. The molecule has 0 N–H and O–H groups in total. The summed E-state index contributed by atoms with van der Waals surface area (Å²) in [6, 6.07) is 0. The zero-order valence-electron chi connectivity index (χ0n) is 9.51. The molecule has 1 rings (SSSR count). The Bertz CT molecular complexity index is 144. The molecule has 1 aliphatic rings. The lowest BCUT2D eigenvalue weighted by atomic mass is 9.97. The third kappa shape index (κ3) is 4.63. The van der Waals surface area contributed by atoms with Crippen LogP contribution in [0.25, 0.3) is 0 Å². The van der Waals surface area contributed by atoms with Crippen LogP contribution < -0.4 is 0 Å². The van der Waals surface area contributed by atoms with Crippen LogP contribution >= 0.6 is 11.6 Å². The van der Waals surface area contributed by atoms with Crippen molar-refractivity contribution in [1.29, 1.82) is 0 Å². The molecule has 1 aliphatic heterocycles. The Labute approximate surface area is 93.2 Å². The Hall–Kier alpha value is 0.210. The van der Waals surface area contributed by atoms with Crippen molar-refractivity contribution in [2.24, 2.45) is 5.92 Å². The second kappa shape index (κ2) is 6.65. The molecule has 0 amide bonds. The summed E-state index contributed by atoms with van der Waals surface area (Å²) in [5, 5.41) is 0. The van der Waals surface area contributed by atoms with E-state index in [4.69, 9.17) is 11.6 Å². The molecule has 0 unspecified atom stereocenters. The fraction of sp³-hybridized carbons (Fsp3) is 1.00. The lowest BCUT2D eigenvalue weighted by molar-refractivity contribution is 0.176. The van der Waals surface area contributed by atoms with Crippen LogP contribution in [-0.4, -0.2) is 56.0 Å². The Morgan fingerprint density at radius 3 is 2.57 bits per heavy atom. The molecule has 0 atom stereocenters. The third-order valence-corrected chi connectivity index (χ3v) is 3.35. The minimum absolute atomic E-state index is 0.789.